The number of ether oxygens (including phenoxy) is 1. The monoisotopic (exact) mass is 285 g/mol. The first-order chi connectivity index (χ1) is 10.3. The van der Waals surface area contributed by atoms with Gasteiger partial charge < -0.3 is 10.1 Å². The summed E-state index contributed by atoms with van der Waals surface area (Å²) in [5, 5.41) is 3.59. The fourth-order valence-electron chi connectivity index (χ4n) is 4.99. The van der Waals surface area contributed by atoms with E-state index in [1.165, 1.54) is 49.7 Å². The van der Waals surface area contributed by atoms with Gasteiger partial charge in [-0.3, -0.25) is 0 Å². The summed E-state index contributed by atoms with van der Waals surface area (Å²) >= 11 is 0. The van der Waals surface area contributed by atoms with Crippen molar-refractivity contribution in [3.63, 3.8) is 0 Å². The highest BCUT2D eigenvalue weighted by molar-refractivity contribution is 5.45. The zero-order valence-corrected chi connectivity index (χ0v) is 13.1. The minimum atomic E-state index is 0.538. The molecule has 2 nitrogen and oxygen atoms in total. The number of benzene rings is 1. The first-order valence-electron chi connectivity index (χ1n) is 8.83. The first kappa shape index (κ1) is 13.6. The molecule has 0 heterocycles. The van der Waals surface area contributed by atoms with Crippen LogP contribution in [0.3, 0.4) is 0 Å². The van der Waals surface area contributed by atoms with Crippen molar-refractivity contribution < 1.29 is 4.74 Å². The van der Waals surface area contributed by atoms with Crippen molar-refractivity contribution in [3.05, 3.63) is 29.3 Å². The lowest BCUT2D eigenvalue weighted by atomic mass is 9.89. The molecule has 2 fully saturated rings. The Balaban J connectivity index is 1.44. The molecule has 0 aliphatic heterocycles. The average molecular weight is 285 g/mol. The van der Waals surface area contributed by atoms with E-state index in [2.05, 4.69) is 30.4 Å². The summed E-state index contributed by atoms with van der Waals surface area (Å²) < 4.78 is 6.28. The Labute approximate surface area is 128 Å². The first-order valence-corrected chi connectivity index (χ1v) is 8.83. The highest BCUT2D eigenvalue weighted by atomic mass is 16.5. The maximum Gasteiger partial charge on any atom is 0.122 e. The highest BCUT2D eigenvalue weighted by Crippen LogP contribution is 2.48. The SMILES string of the molecule is CCNC1CCc2c(OCC3CC4CCC3C4)cccc21. The molecule has 0 spiro atoms. The molecule has 3 aliphatic carbocycles. The van der Waals surface area contributed by atoms with Crippen molar-refractivity contribution in [1.82, 2.24) is 5.32 Å². The maximum atomic E-state index is 6.28. The third-order valence-corrected chi connectivity index (χ3v) is 6.02. The molecule has 114 valence electrons. The molecule has 2 heteroatoms. The van der Waals surface area contributed by atoms with Gasteiger partial charge in [-0.25, -0.2) is 0 Å². The van der Waals surface area contributed by atoms with E-state index in [1.54, 1.807) is 0 Å². The summed E-state index contributed by atoms with van der Waals surface area (Å²) in [7, 11) is 0. The molecule has 4 unspecified atom stereocenters. The molecule has 2 saturated carbocycles. The Hall–Kier alpha value is -1.02. The van der Waals surface area contributed by atoms with Crippen molar-refractivity contribution in [1.29, 1.82) is 0 Å². The van der Waals surface area contributed by atoms with E-state index in [4.69, 9.17) is 4.74 Å². The standard InChI is InChI=1S/C19H27NO/c1-2-20-18-9-8-17-16(18)4-3-5-19(17)21-12-15-11-13-6-7-14(15)10-13/h3-5,13-15,18,20H,2,6-12H2,1H3. The number of hydrogen-bond donors (Lipinski definition) is 1. The van der Waals surface area contributed by atoms with Gasteiger partial charge in [0.05, 0.1) is 6.61 Å². The molecular formula is C19H27NO. The van der Waals surface area contributed by atoms with E-state index in [-0.39, 0.29) is 0 Å². The van der Waals surface area contributed by atoms with Gasteiger partial charge in [0.15, 0.2) is 0 Å². The zero-order valence-electron chi connectivity index (χ0n) is 13.1. The van der Waals surface area contributed by atoms with Crippen molar-refractivity contribution in [3.8, 4) is 5.75 Å². The summed E-state index contributed by atoms with van der Waals surface area (Å²) in [6.45, 7) is 4.18. The van der Waals surface area contributed by atoms with Gasteiger partial charge in [-0.1, -0.05) is 25.5 Å². The highest BCUT2D eigenvalue weighted by Gasteiger charge is 2.39. The summed E-state index contributed by atoms with van der Waals surface area (Å²) in [5.74, 6) is 3.96. The largest absolute Gasteiger partial charge is 0.493 e. The number of nitrogens with one attached hydrogen (secondary N) is 1. The van der Waals surface area contributed by atoms with Crippen LogP contribution < -0.4 is 10.1 Å². The smallest absolute Gasteiger partial charge is 0.122 e. The van der Waals surface area contributed by atoms with Gasteiger partial charge in [-0.15, -0.1) is 0 Å². The van der Waals surface area contributed by atoms with Crippen molar-refractivity contribution in [2.24, 2.45) is 17.8 Å². The second kappa shape index (κ2) is 5.64. The van der Waals surface area contributed by atoms with Crippen molar-refractivity contribution in [2.45, 2.75) is 51.5 Å². The van der Waals surface area contributed by atoms with Gasteiger partial charge in [-0.2, -0.15) is 0 Å². The van der Waals surface area contributed by atoms with E-state index in [0.29, 0.717) is 6.04 Å². The molecule has 2 bridgehead atoms. The molecule has 1 N–H and O–H groups in total. The summed E-state index contributed by atoms with van der Waals surface area (Å²) in [5.41, 5.74) is 2.94. The molecule has 4 rings (SSSR count). The zero-order chi connectivity index (χ0) is 14.2. The van der Waals surface area contributed by atoms with Crippen molar-refractivity contribution in [2.75, 3.05) is 13.2 Å². The number of fused-ring (bicyclic) bond motifs is 3. The fourth-order valence-corrected chi connectivity index (χ4v) is 4.99. The lowest BCUT2D eigenvalue weighted by Crippen LogP contribution is -2.19. The Morgan fingerprint density at radius 2 is 2.14 bits per heavy atom. The van der Waals surface area contributed by atoms with Crippen LogP contribution >= 0.6 is 0 Å². The summed E-state index contributed by atoms with van der Waals surface area (Å²) in [6.07, 6.45) is 8.21. The van der Waals surface area contributed by atoms with Crippen LogP contribution in [-0.4, -0.2) is 13.2 Å². The number of hydrogen-bond acceptors (Lipinski definition) is 2. The van der Waals surface area contributed by atoms with Crippen LogP contribution in [-0.2, 0) is 6.42 Å². The van der Waals surface area contributed by atoms with Gasteiger partial charge in [0, 0.05) is 6.04 Å². The Morgan fingerprint density at radius 1 is 1.19 bits per heavy atom. The second-order valence-corrected chi connectivity index (χ2v) is 7.22. The Bertz CT molecular complexity index is 512. The molecule has 0 saturated heterocycles. The molecule has 4 atom stereocenters. The minimum absolute atomic E-state index is 0.538. The van der Waals surface area contributed by atoms with Crippen LogP contribution in [0.15, 0.2) is 18.2 Å². The maximum absolute atomic E-state index is 6.28. The lowest BCUT2D eigenvalue weighted by molar-refractivity contribution is 0.194. The molecule has 1 aromatic rings. The lowest BCUT2D eigenvalue weighted by Gasteiger charge is -2.22. The van der Waals surface area contributed by atoms with E-state index < -0.39 is 0 Å². The fraction of sp³-hybridized carbons (Fsp3) is 0.684. The second-order valence-electron chi connectivity index (χ2n) is 7.22. The van der Waals surface area contributed by atoms with Gasteiger partial charge in [0.25, 0.3) is 0 Å². The topological polar surface area (TPSA) is 21.3 Å². The molecule has 3 aliphatic rings. The Morgan fingerprint density at radius 3 is 2.90 bits per heavy atom. The van der Waals surface area contributed by atoms with E-state index in [0.717, 1.165) is 36.7 Å². The summed E-state index contributed by atoms with van der Waals surface area (Å²) in [4.78, 5) is 0. The molecule has 1 aromatic carbocycles. The normalized spacial score (nSPS) is 33.4. The van der Waals surface area contributed by atoms with E-state index >= 15 is 0 Å². The van der Waals surface area contributed by atoms with Gasteiger partial charge in [0.1, 0.15) is 5.75 Å². The minimum Gasteiger partial charge on any atom is -0.493 e. The number of rotatable bonds is 5. The summed E-state index contributed by atoms with van der Waals surface area (Å²) in [6, 6.07) is 7.17. The van der Waals surface area contributed by atoms with Gasteiger partial charge >= 0.3 is 0 Å². The van der Waals surface area contributed by atoms with Gasteiger partial charge in [0.2, 0.25) is 0 Å². The molecule has 21 heavy (non-hydrogen) atoms. The van der Waals surface area contributed by atoms with E-state index in [9.17, 15) is 0 Å². The van der Waals surface area contributed by atoms with E-state index in [1.807, 2.05) is 0 Å². The van der Waals surface area contributed by atoms with Crippen LogP contribution in [0.4, 0.5) is 0 Å². The quantitative estimate of drug-likeness (QED) is 0.879. The van der Waals surface area contributed by atoms with Crippen LogP contribution in [0, 0.1) is 17.8 Å². The molecule has 0 radical (unpaired) electrons. The van der Waals surface area contributed by atoms with Crippen LogP contribution in [0.25, 0.3) is 0 Å². The van der Waals surface area contributed by atoms with Crippen molar-refractivity contribution >= 4 is 0 Å². The average Bonchev–Trinajstić information content (AvgIpc) is 3.21. The molecule has 0 amide bonds. The predicted molar refractivity (Wildman–Crippen MR) is 85.6 cm³/mol. The van der Waals surface area contributed by atoms with Crippen LogP contribution in [0.5, 0.6) is 5.75 Å². The van der Waals surface area contributed by atoms with Crippen LogP contribution in [0.2, 0.25) is 0 Å². The third-order valence-electron chi connectivity index (χ3n) is 6.02. The van der Waals surface area contributed by atoms with Gasteiger partial charge in [-0.05, 0) is 73.6 Å². The van der Waals surface area contributed by atoms with Crippen LogP contribution in [0.1, 0.15) is 56.2 Å². The molecular weight excluding hydrogens is 258 g/mol. The molecule has 0 aromatic heterocycles. The Kier molecular flexibility index (Phi) is 3.66. The third kappa shape index (κ3) is 2.48. The predicted octanol–water partition coefficient (Wildman–Crippen LogP) is 4.10.